The molecule has 3 rings (SSSR count). The average Bonchev–Trinajstić information content (AvgIpc) is 2.89. The number of thiophene rings is 1. The Bertz CT molecular complexity index is 806. The first-order valence-electron chi connectivity index (χ1n) is 5.93. The second-order valence-electron chi connectivity index (χ2n) is 4.47. The molecule has 6 heteroatoms. The molecule has 0 bridgehead atoms. The Kier molecular flexibility index (Phi) is 4.12. The maximum Gasteiger partial charge on any atom is 0.194 e. The molecule has 0 aliphatic carbocycles. The lowest BCUT2D eigenvalue weighted by Gasteiger charge is -2.11. The molecule has 0 radical (unpaired) electrons. The quantitative estimate of drug-likeness (QED) is 0.315. The Balaban J connectivity index is 2.13. The highest BCUT2D eigenvalue weighted by atomic mass is 79.9. The number of halogens is 5. The van der Waals surface area contributed by atoms with Crippen molar-refractivity contribution in [1.82, 2.24) is 0 Å². The van der Waals surface area contributed by atoms with Crippen LogP contribution in [0.4, 0.5) is 13.2 Å². The van der Waals surface area contributed by atoms with Crippen LogP contribution in [0.15, 0.2) is 40.2 Å². The van der Waals surface area contributed by atoms with Gasteiger partial charge in [-0.25, -0.2) is 13.2 Å². The summed E-state index contributed by atoms with van der Waals surface area (Å²) in [7, 11) is 0. The third-order valence-corrected chi connectivity index (χ3v) is 6.15. The van der Waals surface area contributed by atoms with Crippen LogP contribution in [-0.4, -0.2) is 0 Å². The van der Waals surface area contributed by atoms with Crippen LogP contribution in [0.5, 0.6) is 0 Å². The lowest BCUT2D eigenvalue weighted by molar-refractivity contribution is 0.445. The first-order valence-corrected chi connectivity index (χ1v) is 8.52. The fourth-order valence-electron chi connectivity index (χ4n) is 2.14. The summed E-state index contributed by atoms with van der Waals surface area (Å²) in [5.74, 6) is -3.82. The summed E-state index contributed by atoms with van der Waals surface area (Å²) in [5, 5.41) is 2.91. The smallest absolute Gasteiger partial charge is 0.194 e. The van der Waals surface area contributed by atoms with Gasteiger partial charge in [0.25, 0.3) is 0 Å². The van der Waals surface area contributed by atoms with E-state index in [1.54, 1.807) is 0 Å². The molecule has 2 aromatic carbocycles. The molecule has 0 N–H and O–H groups in total. The van der Waals surface area contributed by atoms with Crippen LogP contribution in [0.2, 0.25) is 0 Å². The molecule has 108 valence electrons. The standard InChI is InChI=1S/C15H7Br2F3S/c16-10-3-1-2-8-9(6-21-15(8)10)13(17)7-4-11(18)14(20)12(19)5-7/h1-6,13H. The fourth-order valence-corrected chi connectivity index (χ4v) is 4.61. The van der Waals surface area contributed by atoms with Crippen molar-refractivity contribution in [2.24, 2.45) is 0 Å². The van der Waals surface area contributed by atoms with Crippen molar-refractivity contribution < 1.29 is 13.2 Å². The molecule has 1 heterocycles. The van der Waals surface area contributed by atoms with E-state index in [0.29, 0.717) is 5.56 Å². The zero-order valence-electron chi connectivity index (χ0n) is 10.3. The molecule has 0 fully saturated rings. The topological polar surface area (TPSA) is 0 Å². The lowest BCUT2D eigenvalue weighted by atomic mass is 10.0. The van der Waals surface area contributed by atoms with Crippen LogP contribution in [0, 0.1) is 17.5 Å². The van der Waals surface area contributed by atoms with Gasteiger partial charge in [-0.05, 0) is 56.0 Å². The van der Waals surface area contributed by atoms with Gasteiger partial charge in [-0.1, -0.05) is 28.1 Å². The van der Waals surface area contributed by atoms with E-state index in [1.807, 2.05) is 23.6 Å². The third-order valence-electron chi connectivity index (χ3n) is 3.15. The van der Waals surface area contributed by atoms with Gasteiger partial charge in [0.1, 0.15) is 0 Å². The number of rotatable bonds is 2. The Labute approximate surface area is 139 Å². The van der Waals surface area contributed by atoms with Gasteiger partial charge in [-0.2, -0.15) is 0 Å². The van der Waals surface area contributed by atoms with Crippen molar-refractivity contribution in [3.8, 4) is 0 Å². The van der Waals surface area contributed by atoms with E-state index in [-0.39, 0.29) is 0 Å². The minimum Gasteiger partial charge on any atom is -0.204 e. The summed E-state index contributed by atoms with van der Waals surface area (Å²) >= 11 is 8.46. The summed E-state index contributed by atoms with van der Waals surface area (Å²) < 4.78 is 41.8. The van der Waals surface area contributed by atoms with E-state index >= 15 is 0 Å². The minimum atomic E-state index is -1.45. The van der Waals surface area contributed by atoms with Gasteiger partial charge in [0.2, 0.25) is 0 Å². The maximum absolute atomic E-state index is 13.4. The molecule has 21 heavy (non-hydrogen) atoms. The van der Waals surface area contributed by atoms with Crippen LogP contribution < -0.4 is 0 Å². The van der Waals surface area contributed by atoms with Gasteiger partial charge in [0.15, 0.2) is 17.5 Å². The number of hydrogen-bond acceptors (Lipinski definition) is 1. The molecule has 1 aromatic heterocycles. The van der Waals surface area contributed by atoms with Crippen molar-refractivity contribution in [3.05, 3.63) is 68.8 Å². The number of hydrogen-bond donors (Lipinski definition) is 0. The van der Waals surface area contributed by atoms with Crippen LogP contribution >= 0.6 is 43.2 Å². The van der Waals surface area contributed by atoms with Gasteiger partial charge < -0.3 is 0 Å². The molecule has 0 aliphatic rings. The highest BCUT2D eigenvalue weighted by Crippen LogP contribution is 2.41. The molecule has 0 amide bonds. The normalized spacial score (nSPS) is 12.8. The predicted octanol–water partition coefficient (Wildman–Crippen LogP) is 6.57. The van der Waals surface area contributed by atoms with E-state index in [9.17, 15) is 13.2 Å². The zero-order chi connectivity index (χ0) is 15.1. The molecule has 3 aromatic rings. The molecule has 0 aliphatic heterocycles. The second-order valence-corrected chi connectivity index (χ2v) is 7.12. The average molecular weight is 436 g/mol. The molecule has 1 unspecified atom stereocenters. The largest absolute Gasteiger partial charge is 0.204 e. The Morgan fingerprint density at radius 1 is 1.05 bits per heavy atom. The number of alkyl halides is 1. The maximum atomic E-state index is 13.4. The van der Waals surface area contributed by atoms with Crippen molar-refractivity contribution in [2.75, 3.05) is 0 Å². The predicted molar refractivity (Wildman–Crippen MR) is 86.6 cm³/mol. The minimum absolute atomic E-state index is 0.339. The summed E-state index contributed by atoms with van der Waals surface area (Å²) in [5.41, 5.74) is 1.23. The van der Waals surface area contributed by atoms with E-state index in [0.717, 1.165) is 32.3 Å². The van der Waals surface area contributed by atoms with Crippen LogP contribution in [0.25, 0.3) is 10.1 Å². The molecule has 1 atom stereocenters. The number of benzene rings is 2. The van der Waals surface area contributed by atoms with Gasteiger partial charge >= 0.3 is 0 Å². The monoisotopic (exact) mass is 434 g/mol. The third kappa shape index (κ3) is 2.64. The van der Waals surface area contributed by atoms with E-state index < -0.39 is 22.3 Å². The van der Waals surface area contributed by atoms with Gasteiger partial charge in [-0.15, -0.1) is 11.3 Å². The van der Waals surface area contributed by atoms with Crippen LogP contribution in [0.1, 0.15) is 16.0 Å². The Morgan fingerprint density at radius 3 is 2.38 bits per heavy atom. The summed E-state index contributed by atoms with van der Waals surface area (Å²) in [6.07, 6.45) is 0. The number of fused-ring (bicyclic) bond motifs is 1. The van der Waals surface area contributed by atoms with Crippen molar-refractivity contribution >= 4 is 53.3 Å². The molecule has 0 spiro atoms. The summed E-state index contributed by atoms with van der Waals surface area (Å²) in [6.45, 7) is 0. The van der Waals surface area contributed by atoms with E-state index in [4.69, 9.17) is 0 Å². The molecular formula is C15H7Br2F3S. The van der Waals surface area contributed by atoms with Crippen molar-refractivity contribution in [1.29, 1.82) is 0 Å². The van der Waals surface area contributed by atoms with Crippen molar-refractivity contribution in [2.45, 2.75) is 4.83 Å². The van der Waals surface area contributed by atoms with Crippen LogP contribution in [-0.2, 0) is 0 Å². The van der Waals surface area contributed by atoms with Crippen molar-refractivity contribution in [3.63, 3.8) is 0 Å². The Hall–Kier alpha value is -0.850. The second kappa shape index (κ2) is 5.74. The molecule has 0 saturated heterocycles. The highest BCUT2D eigenvalue weighted by Gasteiger charge is 2.20. The van der Waals surface area contributed by atoms with Gasteiger partial charge in [0.05, 0.1) is 4.83 Å². The summed E-state index contributed by atoms with van der Waals surface area (Å²) in [4.78, 5) is -0.412. The lowest BCUT2D eigenvalue weighted by Crippen LogP contribution is -1.98. The van der Waals surface area contributed by atoms with Crippen LogP contribution in [0.3, 0.4) is 0 Å². The van der Waals surface area contributed by atoms with Gasteiger partial charge in [-0.3, -0.25) is 0 Å². The fraction of sp³-hybridized carbons (Fsp3) is 0.0667. The summed E-state index contributed by atoms with van der Waals surface area (Å²) in [6, 6.07) is 7.80. The SMILES string of the molecule is Fc1cc(C(Br)c2csc3c(Br)cccc23)cc(F)c1F. The zero-order valence-corrected chi connectivity index (χ0v) is 14.3. The highest BCUT2D eigenvalue weighted by molar-refractivity contribution is 9.10. The molecule has 0 saturated carbocycles. The Morgan fingerprint density at radius 2 is 1.71 bits per heavy atom. The van der Waals surface area contributed by atoms with E-state index in [1.165, 1.54) is 11.3 Å². The first-order chi connectivity index (χ1) is 9.99. The molecule has 0 nitrogen and oxygen atoms in total. The van der Waals surface area contributed by atoms with E-state index in [2.05, 4.69) is 31.9 Å². The molecular weight excluding hydrogens is 429 g/mol. The van der Waals surface area contributed by atoms with Gasteiger partial charge in [0, 0.05) is 9.17 Å². The first kappa shape index (κ1) is 15.1.